The Bertz CT molecular complexity index is 401. The van der Waals surface area contributed by atoms with Crippen LogP contribution in [0.1, 0.15) is 168 Å². The van der Waals surface area contributed by atoms with Gasteiger partial charge in [0.05, 0.1) is 6.61 Å². The zero-order valence-corrected chi connectivity index (χ0v) is 24.0. The normalized spacial score (nSPS) is 17.1. The van der Waals surface area contributed by atoms with E-state index in [-0.39, 0.29) is 6.29 Å². The highest BCUT2D eigenvalue weighted by molar-refractivity contribution is 4.64. The van der Waals surface area contributed by atoms with Crippen LogP contribution >= 0.6 is 0 Å². The quantitative estimate of drug-likeness (QED) is 0.0905. The number of hydrogen-bond acceptors (Lipinski definition) is 4. The molecule has 2 atom stereocenters. The molecule has 0 aromatic heterocycles. The summed E-state index contributed by atoms with van der Waals surface area (Å²) in [6.07, 6.45) is 31.6. The van der Waals surface area contributed by atoms with E-state index in [0.29, 0.717) is 6.04 Å². The average Bonchev–Trinajstić information content (AvgIpc) is 2.88. The second-order valence-corrected chi connectivity index (χ2v) is 10.9. The van der Waals surface area contributed by atoms with Crippen molar-refractivity contribution in [1.29, 1.82) is 0 Å². The molecule has 1 fully saturated rings. The lowest BCUT2D eigenvalue weighted by Gasteiger charge is -2.22. The van der Waals surface area contributed by atoms with E-state index in [4.69, 9.17) is 14.3 Å². The van der Waals surface area contributed by atoms with Crippen LogP contribution in [0.2, 0.25) is 0 Å². The Balaban J connectivity index is 2.07. The molecule has 0 spiro atoms. The Morgan fingerprint density at radius 1 is 0.629 bits per heavy atom. The second-order valence-electron chi connectivity index (χ2n) is 10.9. The average molecular weight is 498 g/mol. The van der Waals surface area contributed by atoms with Gasteiger partial charge in [-0.3, -0.25) is 0 Å². The Morgan fingerprint density at radius 3 is 1.69 bits per heavy atom. The summed E-state index contributed by atoms with van der Waals surface area (Å²) < 4.78 is 11.5. The van der Waals surface area contributed by atoms with Crippen molar-refractivity contribution < 1.29 is 14.3 Å². The van der Waals surface area contributed by atoms with Gasteiger partial charge in [0.1, 0.15) is 0 Å². The molecule has 210 valence electrons. The summed E-state index contributed by atoms with van der Waals surface area (Å²) in [5.41, 5.74) is 3.45. The van der Waals surface area contributed by atoms with E-state index >= 15 is 0 Å². The molecule has 0 aliphatic carbocycles. The van der Waals surface area contributed by atoms with Gasteiger partial charge in [-0.25, -0.2) is 0 Å². The fourth-order valence-corrected chi connectivity index (χ4v) is 5.00. The molecular formula is C31H63NO3. The summed E-state index contributed by atoms with van der Waals surface area (Å²) >= 11 is 0. The minimum Gasteiger partial charge on any atom is -0.353 e. The molecule has 35 heavy (non-hydrogen) atoms. The molecule has 0 saturated carbocycles. The Hall–Kier alpha value is -0.160. The number of unbranched alkanes of at least 4 members (excludes halogenated alkanes) is 16. The number of rotatable bonds is 27. The van der Waals surface area contributed by atoms with Crippen molar-refractivity contribution >= 4 is 0 Å². The zero-order valence-electron chi connectivity index (χ0n) is 24.0. The number of ether oxygens (including phenoxy) is 2. The number of hydroxylamine groups is 1. The Kier molecular flexibility index (Phi) is 25.3. The number of nitrogens with one attached hydrogen (secondary N) is 1. The van der Waals surface area contributed by atoms with Crippen molar-refractivity contribution in [3.8, 4) is 0 Å². The van der Waals surface area contributed by atoms with Crippen molar-refractivity contribution in [2.24, 2.45) is 0 Å². The summed E-state index contributed by atoms with van der Waals surface area (Å²) in [7, 11) is 0. The molecular weight excluding hydrogens is 434 g/mol. The first-order valence-electron chi connectivity index (χ1n) is 16.0. The molecule has 0 radical (unpaired) electrons. The van der Waals surface area contributed by atoms with Crippen molar-refractivity contribution in [2.45, 2.75) is 180 Å². The highest BCUT2D eigenvalue weighted by atomic mass is 16.7. The van der Waals surface area contributed by atoms with Crippen LogP contribution in [0.15, 0.2) is 0 Å². The molecule has 1 heterocycles. The van der Waals surface area contributed by atoms with Gasteiger partial charge in [0.25, 0.3) is 0 Å². The molecule has 0 aromatic rings. The molecule has 2 unspecified atom stereocenters. The fraction of sp³-hybridized carbons (Fsp3) is 1.00. The third-order valence-corrected chi connectivity index (χ3v) is 7.39. The van der Waals surface area contributed by atoms with Crippen molar-refractivity contribution in [3.05, 3.63) is 0 Å². The van der Waals surface area contributed by atoms with Gasteiger partial charge in [0, 0.05) is 19.3 Å². The summed E-state index contributed by atoms with van der Waals surface area (Å²) in [5, 5.41) is 0. The predicted molar refractivity (Wildman–Crippen MR) is 151 cm³/mol. The molecule has 1 aliphatic heterocycles. The smallest absolute Gasteiger partial charge is 0.157 e. The lowest BCUT2D eigenvalue weighted by atomic mass is 10.0. The van der Waals surface area contributed by atoms with Gasteiger partial charge in [-0.05, 0) is 44.9 Å². The molecule has 1 N–H and O–H groups in total. The third-order valence-electron chi connectivity index (χ3n) is 7.39. The highest BCUT2D eigenvalue weighted by Gasteiger charge is 2.13. The van der Waals surface area contributed by atoms with E-state index in [2.05, 4.69) is 19.3 Å². The minimum atomic E-state index is 0.0671. The molecule has 1 rings (SSSR count). The standard InChI is InChI=1S/C31H63NO3/c1-3-5-7-9-11-13-16-22-29-35-32-30(24-18-14-12-10-8-6-4-2)25-19-15-17-21-27-33-31-26-20-23-28-34-31/h30-32H,3-29H2,1-2H3. The molecule has 0 amide bonds. The lowest BCUT2D eigenvalue weighted by molar-refractivity contribution is -0.162. The van der Waals surface area contributed by atoms with Crippen LogP contribution in [0.25, 0.3) is 0 Å². The largest absolute Gasteiger partial charge is 0.353 e. The fourth-order valence-electron chi connectivity index (χ4n) is 5.00. The van der Waals surface area contributed by atoms with E-state index in [1.54, 1.807) is 0 Å². The SMILES string of the molecule is CCCCCCCCCCONC(CCCCCCCCC)CCCCCCOC1CCCCO1. The van der Waals surface area contributed by atoms with Crippen LogP contribution in [0, 0.1) is 0 Å². The summed E-state index contributed by atoms with van der Waals surface area (Å²) in [5.74, 6) is 0. The van der Waals surface area contributed by atoms with Gasteiger partial charge in [-0.15, -0.1) is 0 Å². The summed E-state index contributed by atoms with van der Waals surface area (Å²) in [6, 6.07) is 0.520. The zero-order chi connectivity index (χ0) is 25.1. The predicted octanol–water partition coefficient (Wildman–Crippen LogP) is 9.65. The van der Waals surface area contributed by atoms with E-state index in [9.17, 15) is 0 Å². The van der Waals surface area contributed by atoms with Gasteiger partial charge in [0.2, 0.25) is 0 Å². The highest BCUT2D eigenvalue weighted by Crippen LogP contribution is 2.16. The van der Waals surface area contributed by atoms with Crippen LogP contribution in [-0.2, 0) is 14.3 Å². The van der Waals surface area contributed by atoms with Gasteiger partial charge < -0.3 is 14.3 Å². The van der Waals surface area contributed by atoms with Gasteiger partial charge in [-0.2, -0.15) is 5.48 Å². The second kappa shape index (κ2) is 26.9. The molecule has 0 bridgehead atoms. The topological polar surface area (TPSA) is 39.7 Å². The van der Waals surface area contributed by atoms with Gasteiger partial charge in [0.15, 0.2) is 6.29 Å². The third kappa shape index (κ3) is 22.7. The number of hydrogen-bond donors (Lipinski definition) is 1. The molecule has 4 nitrogen and oxygen atoms in total. The first-order valence-corrected chi connectivity index (χ1v) is 16.0. The van der Waals surface area contributed by atoms with Crippen LogP contribution in [0.5, 0.6) is 0 Å². The Morgan fingerprint density at radius 2 is 1.14 bits per heavy atom. The van der Waals surface area contributed by atoms with Crippen LogP contribution in [0.4, 0.5) is 0 Å². The van der Waals surface area contributed by atoms with Crippen LogP contribution in [-0.4, -0.2) is 32.2 Å². The summed E-state index contributed by atoms with van der Waals surface area (Å²) in [6.45, 7) is 7.17. The lowest BCUT2D eigenvalue weighted by Crippen LogP contribution is -2.29. The molecule has 4 heteroatoms. The monoisotopic (exact) mass is 497 g/mol. The molecule has 0 aromatic carbocycles. The van der Waals surface area contributed by atoms with Crippen molar-refractivity contribution in [3.63, 3.8) is 0 Å². The van der Waals surface area contributed by atoms with Gasteiger partial charge in [-0.1, -0.05) is 123 Å². The maximum atomic E-state index is 5.93. The van der Waals surface area contributed by atoms with Gasteiger partial charge >= 0.3 is 0 Å². The minimum absolute atomic E-state index is 0.0671. The summed E-state index contributed by atoms with van der Waals surface area (Å²) in [4.78, 5) is 5.93. The molecule has 1 saturated heterocycles. The van der Waals surface area contributed by atoms with Crippen LogP contribution < -0.4 is 5.48 Å². The first kappa shape index (κ1) is 32.9. The van der Waals surface area contributed by atoms with E-state index in [1.165, 1.54) is 141 Å². The van der Waals surface area contributed by atoms with E-state index < -0.39 is 0 Å². The van der Waals surface area contributed by atoms with E-state index in [0.717, 1.165) is 32.7 Å². The maximum Gasteiger partial charge on any atom is 0.157 e. The van der Waals surface area contributed by atoms with Crippen LogP contribution in [0.3, 0.4) is 0 Å². The molecule has 1 aliphatic rings. The first-order chi connectivity index (χ1) is 17.4. The maximum absolute atomic E-state index is 5.93. The van der Waals surface area contributed by atoms with E-state index in [1.807, 2.05) is 0 Å². The van der Waals surface area contributed by atoms with Crippen molar-refractivity contribution in [1.82, 2.24) is 5.48 Å². The van der Waals surface area contributed by atoms with Crippen molar-refractivity contribution in [2.75, 3.05) is 19.8 Å². The Labute approximate surface area is 220 Å².